The number of rotatable bonds is 3. The Bertz CT molecular complexity index is 864. The molecule has 106 valence electrons. The summed E-state index contributed by atoms with van der Waals surface area (Å²) in [6.07, 6.45) is 1.43. The minimum Gasteiger partial charge on any atom is -0.313 e. The molecular weight excluding hydrogens is 291 g/mol. The van der Waals surface area contributed by atoms with Gasteiger partial charge in [0.25, 0.3) is 5.56 Å². The average Bonchev–Trinajstić information content (AvgIpc) is 2.99. The van der Waals surface area contributed by atoms with Crippen LogP contribution in [0.3, 0.4) is 0 Å². The molecule has 2 heterocycles. The van der Waals surface area contributed by atoms with Crippen molar-refractivity contribution in [3.63, 3.8) is 0 Å². The Morgan fingerprint density at radius 3 is 2.57 bits per heavy atom. The molecule has 0 radical (unpaired) electrons. The molecule has 0 aliphatic rings. The van der Waals surface area contributed by atoms with E-state index in [9.17, 15) is 14.0 Å². The fourth-order valence-electron chi connectivity index (χ4n) is 2.04. The van der Waals surface area contributed by atoms with E-state index in [2.05, 4.69) is 4.98 Å². The van der Waals surface area contributed by atoms with Crippen LogP contribution in [0.5, 0.6) is 0 Å². The normalized spacial score (nSPS) is 10.7. The third kappa shape index (κ3) is 2.71. The standard InChI is InChI=1S/C15H11FN2O2S/c16-11-5-3-10(4-6-11)9-18-14(19)12(8-17-15(18)20)13-2-1-7-21-13/h1-8H,9H2,(H,17,20). The molecule has 6 heteroatoms. The van der Waals surface area contributed by atoms with Gasteiger partial charge in [-0.3, -0.25) is 9.36 Å². The van der Waals surface area contributed by atoms with Crippen molar-refractivity contribution in [2.24, 2.45) is 0 Å². The first-order chi connectivity index (χ1) is 10.1. The SMILES string of the molecule is O=c1[nH]cc(-c2cccs2)c(=O)n1Cc1ccc(F)cc1. The van der Waals surface area contributed by atoms with E-state index in [1.54, 1.807) is 12.1 Å². The van der Waals surface area contributed by atoms with E-state index < -0.39 is 5.69 Å². The van der Waals surface area contributed by atoms with E-state index in [4.69, 9.17) is 0 Å². The van der Waals surface area contributed by atoms with Crippen LogP contribution in [0.4, 0.5) is 4.39 Å². The fourth-order valence-corrected chi connectivity index (χ4v) is 2.77. The first-order valence-electron chi connectivity index (χ1n) is 6.26. The summed E-state index contributed by atoms with van der Waals surface area (Å²) in [6.45, 7) is 0.105. The van der Waals surface area contributed by atoms with Crippen LogP contribution in [-0.2, 0) is 6.54 Å². The van der Waals surface area contributed by atoms with Crippen molar-refractivity contribution >= 4 is 11.3 Å². The lowest BCUT2D eigenvalue weighted by molar-refractivity contribution is 0.625. The molecular formula is C15H11FN2O2S. The molecule has 4 nitrogen and oxygen atoms in total. The van der Waals surface area contributed by atoms with Crippen LogP contribution >= 0.6 is 11.3 Å². The first-order valence-corrected chi connectivity index (χ1v) is 7.14. The van der Waals surface area contributed by atoms with Crippen LogP contribution in [0.2, 0.25) is 0 Å². The van der Waals surface area contributed by atoms with Gasteiger partial charge in [-0.05, 0) is 29.1 Å². The van der Waals surface area contributed by atoms with Crippen LogP contribution in [0.15, 0.2) is 57.6 Å². The number of nitrogens with one attached hydrogen (secondary N) is 1. The summed E-state index contributed by atoms with van der Waals surface area (Å²) in [7, 11) is 0. The van der Waals surface area contributed by atoms with E-state index in [-0.39, 0.29) is 17.9 Å². The number of hydrogen-bond donors (Lipinski definition) is 1. The lowest BCUT2D eigenvalue weighted by atomic mass is 10.2. The highest BCUT2D eigenvalue weighted by Gasteiger charge is 2.10. The molecule has 0 spiro atoms. The second-order valence-electron chi connectivity index (χ2n) is 4.50. The second-order valence-corrected chi connectivity index (χ2v) is 5.45. The van der Waals surface area contributed by atoms with Gasteiger partial charge in [0, 0.05) is 11.1 Å². The van der Waals surface area contributed by atoms with Crippen LogP contribution in [-0.4, -0.2) is 9.55 Å². The third-order valence-corrected chi connectivity index (χ3v) is 4.00. The predicted molar refractivity (Wildman–Crippen MR) is 80.1 cm³/mol. The van der Waals surface area contributed by atoms with E-state index in [0.717, 1.165) is 9.44 Å². The molecule has 3 rings (SSSR count). The molecule has 0 atom stereocenters. The van der Waals surface area contributed by atoms with Crippen molar-refractivity contribution in [1.29, 1.82) is 0 Å². The predicted octanol–water partition coefficient (Wildman–Crippen LogP) is 2.45. The van der Waals surface area contributed by atoms with Gasteiger partial charge < -0.3 is 4.98 Å². The minimum atomic E-state index is -0.482. The summed E-state index contributed by atoms with van der Waals surface area (Å²) in [4.78, 5) is 27.7. The summed E-state index contributed by atoms with van der Waals surface area (Å²) in [6, 6.07) is 9.38. The van der Waals surface area contributed by atoms with Gasteiger partial charge >= 0.3 is 5.69 Å². The number of aromatic amines is 1. The Labute approximate surface area is 123 Å². The monoisotopic (exact) mass is 302 g/mol. The van der Waals surface area contributed by atoms with Gasteiger partial charge in [-0.25, -0.2) is 9.18 Å². The van der Waals surface area contributed by atoms with Gasteiger partial charge in [-0.15, -0.1) is 11.3 Å². The number of halogens is 1. The molecule has 2 aromatic heterocycles. The summed E-state index contributed by atoms with van der Waals surface area (Å²) in [5.74, 6) is -0.354. The highest BCUT2D eigenvalue weighted by atomic mass is 32.1. The van der Waals surface area contributed by atoms with Gasteiger partial charge in [0.05, 0.1) is 12.1 Å². The zero-order valence-corrected chi connectivity index (χ0v) is 11.7. The van der Waals surface area contributed by atoms with Crippen molar-refractivity contribution in [3.8, 4) is 10.4 Å². The van der Waals surface area contributed by atoms with Gasteiger partial charge in [0.2, 0.25) is 0 Å². The first kappa shape index (κ1) is 13.5. The van der Waals surface area contributed by atoms with Gasteiger partial charge in [0.15, 0.2) is 0 Å². The highest BCUT2D eigenvalue weighted by molar-refractivity contribution is 7.13. The molecule has 1 N–H and O–H groups in total. The second kappa shape index (κ2) is 5.49. The number of nitrogens with zero attached hydrogens (tertiary/aromatic N) is 1. The van der Waals surface area contributed by atoms with Crippen molar-refractivity contribution < 1.29 is 4.39 Å². The average molecular weight is 302 g/mol. The molecule has 3 aromatic rings. The molecule has 0 unspecified atom stereocenters. The maximum absolute atomic E-state index is 12.9. The van der Waals surface area contributed by atoms with Crippen LogP contribution in [0.25, 0.3) is 10.4 Å². The van der Waals surface area contributed by atoms with Crippen molar-refractivity contribution in [1.82, 2.24) is 9.55 Å². The third-order valence-electron chi connectivity index (χ3n) is 3.10. The van der Waals surface area contributed by atoms with Crippen molar-refractivity contribution in [2.45, 2.75) is 6.54 Å². The summed E-state index contributed by atoms with van der Waals surface area (Å²) in [5, 5.41) is 1.87. The van der Waals surface area contributed by atoms with Crippen LogP contribution in [0, 0.1) is 5.82 Å². The Hall–Kier alpha value is -2.47. The molecule has 0 saturated carbocycles. The number of hydrogen-bond acceptors (Lipinski definition) is 3. The smallest absolute Gasteiger partial charge is 0.313 e. The molecule has 1 aromatic carbocycles. The molecule has 0 amide bonds. The van der Waals surface area contributed by atoms with Gasteiger partial charge in [-0.1, -0.05) is 18.2 Å². The largest absolute Gasteiger partial charge is 0.328 e. The van der Waals surface area contributed by atoms with Crippen LogP contribution in [0.1, 0.15) is 5.56 Å². The van der Waals surface area contributed by atoms with E-state index >= 15 is 0 Å². The van der Waals surface area contributed by atoms with E-state index in [1.807, 2.05) is 17.5 Å². The molecule has 0 aliphatic heterocycles. The molecule has 21 heavy (non-hydrogen) atoms. The zero-order valence-electron chi connectivity index (χ0n) is 10.9. The Kier molecular flexibility index (Phi) is 3.53. The summed E-state index contributed by atoms with van der Waals surface area (Å²) >= 11 is 1.43. The Morgan fingerprint density at radius 2 is 1.90 bits per heavy atom. The number of benzene rings is 1. The number of thiophene rings is 1. The number of aromatic nitrogens is 2. The van der Waals surface area contributed by atoms with Crippen molar-refractivity contribution in [3.05, 3.63) is 80.2 Å². The molecule has 0 fully saturated rings. The highest BCUT2D eigenvalue weighted by Crippen LogP contribution is 2.19. The molecule has 0 aliphatic carbocycles. The lowest BCUT2D eigenvalue weighted by Gasteiger charge is -2.06. The molecule has 0 bridgehead atoms. The van der Waals surface area contributed by atoms with E-state index in [1.165, 1.54) is 29.7 Å². The van der Waals surface area contributed by atoms with Gasteiger partial charge in [0.1, 0.15) is 5.82 Å². The summed E-state index contributed by atoms with van der Waals surface area (Å²) in [5.41, 5.74) is 0.300. The maximum atomic E-state index is 12.9. The Balaban J connectivity index is 2.06. The Morgan fingerprint density at radius 1 is 1.14 bits per heavy atom. The summed E-state index contributed by atoms with van der Waals surface area (Å²) < 4.78 is 14.0. The molecule has 0 saturated heterocycles. The quantitative estimate of drug-likeness (QED) is 0.808. The van der Waals surface area contributed by atoms with Crippen molar-refractivity contribution in [2.75, 3.05) is 0 Å². The zero-order chi connectivity index (χ0) is 14.8. The lowest BCUT2D eigenvalue weighted by Crippen LogP contribution is -2.35. The fraction of sp³-hybridized carbons (Fsp3) is 0.0667. The van der Waals surface area contributed by atoms with Crippen LogP contribution < -0.4 is 11.2 Å². The van der Waals surface area contributed by atoms with Gasteiger partial charge in [-0.2, -0.15) is 0 Å². The topological polar surface area (TPSA) is 54.9 Å². The number of H-pyrrole nitrogens is 1. The maximum Gasteiger partial charge on any atom is 0.328 e. The van der Waals surface area contributed by atoms with E-state index in [0.29, 0.717) is 11.1 Å². The minimum absolute atomic E-state index is 0.105.